The van der Waals surface area contributed by atoms with Crippen molar-refractivity contribution in [2.45, 2.75) is 0 Å². The zero-order valence-corrected chi connectivity index (χ0v) is 20.6. The van der Waals surface area contributed by atoms with Crippen molar-refractivity contribution >= 4 is 54.1 Å². The van der Waals surface area contributed by atoms with Crippen LogP contribution in [0.5, 0.6) is 0 Å². The molecule has 2 heterocycles. The van der Waals surface area contributed by atoms with Gasteiger partial charge < -0.3 is 0 Å². The van der Waals surface area contributed by atoms with Gasteiger partial charge in [0.2, 0.25) is 0 Å². The normalized spacial score (nSPS) is 11.7. The Morgan fingerprint density at radius 2 is 0.974 bits per heavy atom. The van der Waals surface area contributed by atoms with Crippen molar-refractivity contribution in [2.24, 2.45) is 0 Å². The molecule has 2 aromatic heterocycles. The summed E-state index contributed by atoms with van der Waals surface area (Å²) >= 11 is 0. The van der Waals surface area contributed by atoms with Crippen LogP contribution < -0.4 is 0 Å². The summed E-state index contributed by atoms with van der Waals surface area (Å²) < 4.78 is 0. The van der Waals surface area contributed by atoms with E-state index in [-0.39, 0.29) is 0 Å². The molecule has 8 rings (SSSR count). The van der Waals surface area contributed by atoms with Crippen molar-refractivity contribution in [1.29, 1.82) is 0 Å². The van der Waals surface area contributed by atoms with Crippen LogP contribution in [0.4, 0.5) is 0 Å². The van der Waals surface area contributed by atoms with Crippen LogP contribution in [-0.2, 0) is 0 Å². The van der Waals surface area contributed by atoms with Crippen LogP contribution in [0.25, 0.3) is 76.4 Å². The van der Waals surface area contributed by atoms with Crippen LogP contribution in [-0.4, -0.2) is 9.97 Å². The van der Waals surface area contributed by atoms with Gasteiger partial charge in [0.1, 0.15) is 0 Å². The van der Waals surface area contributed by atoms with E-state index >= 15 is 0 Å². The average molecular weight is 483 g/mol. The second-order valence-electron chi connectivity index (χ2n) is 9.84. The number of fused-ring (bicyclic) bond motifs is 6. The third-order valence-electron chi connectivity index (χ3n) is 7.70. The third-order valence-corrected chi connectivity index (χ3v) is 7.70. The fourth-order valence-electron chi connectivity index (χ4n) is 5.96. The van der Waals surface area contributed by atoms with E-state index in [0.717, 1.165) is 27.4 Å². The zero-order valence-electron chi connectivity index (χ0n) is 20.6. The maximum Gasteiger partial charge on any atom is 0.0964 e. The van der Waals surface area contributed by atoms with Crippen molar-refractivity contribution in [3.8, 4) is 22.3 Å². The fourth-order valence-corrected chi connectivity index (χ4v) is 5.96. The van der Waals surface area contributed by atoms with E-state index in [0.29, 0.717) is 0 Å². The Morgan fingerprint density at radius 3 is 1.74 bits per heavy atom. The van der Waals surface area contributed by atoms with Gasteiger partial charge in [-0.15, -0.1) is 0 Å². The molecule has 176 valence electrons. The molecule has 0 amide bonds. The number of benzene rings is 6. The van der Waals surface area contributed by atoms with Gasteiger partial charge in [0.15, 0.2) is 0 Å². The summed E-state index contributed by atoms with van der Waals surface area (Å²) in [6, 6.07) is 43.6. The summed E-state index contributed by atoms with van der Waals surface area (Å²) in [5, 5.41) is 9.74. The number of pyridine rings is 2. The molecule has 0 N–H and O–H groups in total. The SMILES string of the molecule is c1ccc2c(-c3ccc(-c4cnc5c(ccc6cccnc65)c4)c4ccccc34)c3ccccc3cc2c1. The quantitative estimate of drug-likeness (QED) is 0.181. The van der Waals surface area contributed by atoms with Crippen molar-refractivity contribution < 1.29 is 0 Å². The summed E-state index contributed by atoms with van der Waals surface area (Å²) in [6.07, 6.45) is 3.83. The first-order chi connectivity index (χ1) is 18.8. The third kappa shape index (κ3) is 3.14. The molecule has 0 aliphatic carbocycles. The molecular weight excluding hydrogens is 460 g/mol. The van der Waals surface area contributed by atoms with Gasteiger partial charge in [-0.05, 0) is 67.2 Å². The second kappa shape index (κ2) is 8.22. The summed E-state index contributed by atoms with van der Waals surface area (Å²) in [7, 11) is 0. The number of aromatic nitrogens is 2. The smallest absolute Gasteiger partial charge is 0.0964 e. The molecule has 38 heavy (non-hydrogen) atoms. The maximum atomic E-state index is 4.89. The molecule has 0 aliphatic rings. The predicted molar refractivity (Wildman–Crippen MR) is 160 cm³/mol. The summed E-state index contributed by atoms with van der Waals surface area (Å²) in [5.41, 5.74) is 6.72. The van der Waals surface area contributed by atoms with Crippen LogP contribution in [0.3, 0.4) is 0 Å². The Hall–Kier alpha value is -5.08. The highest BCUT2D eigenvalue weighted by Gasteiger charge is 2.15. The van der Waals surface area contributed by atoms with E-state index in [1.54, 1.807) is 0 Å². The first-order valence-corrected chi connectivity index (χ1v) is 12.9. The van der Waals surface area contributed by atoms with Crippen molar-refractivity contribution in [2.75, 3.05) is 0 Å². The zero-order chi connectivity index (χ0) is 25.1. The summed E-state index contributed by atoms with van der Waals surface area (Å²) in [4.78, 5) is 9.49. The van der Waals surface area contributed by atoms with Gasteiger partial charge in [-0.3, -0.25) is 9.97 Å². The highest BCUT2D eigenvalue weighted by molar-refractivity contribution is 6.18. The molecule has 2 heteroatoms. The Balaban J connectivity index is 1.40. The first-order valence-electron chi connectivity index (χ1n) is 12.9. The molecule has 0 bridgehead atoms. The Morgan fingerprint density at radius 1 is 0.395 bits per heavy atom. The van der Waals surface area contributed by atoms with E-state index in [9.17, 15) is 0 Å². The molecule has 0 saturated heterocycles. The molecule has 0 fully saturated rings. The van der Waals surface area contributed by atoms with E-state index in [1.807, 2.05) is 18.5 Å². The van der Waals surface area contributed by atoms with Crippen LogP contribution in [0, 0.1) is 0 Å². The predicted octanol–water partition coefficient (Wildman–Crippen LogP) is 9.58. The minimum atomic E-state index is 0.940. The molecular formula is C36H22N2. The van der Waals surface area contributed by atoms with Crippen LogP contribution in [0.15, 0.2) is 134 Å². The monoisotopic (exact) mass is 482 g/mol. The van der Waals surface area contributed by atoms with Gasteiger partial charge in [0, 0.05) is 28.7 Å². The first kappa shape index (κ1) is 21.0. The molecule has 0 atom stereocenters. The fraction of sp³-hybridized carbons (Fsp3) is 0. The average Bonchev–Trinajstić information content (AvgIpc) is 2.99. The summed E-state index contributed by atoms with van der Waals surface area (Å²) in [5.74, 6) is 0. The summed E-state index contributed by atoms with van der Waals surface area (Å²) in [6.45, 7) is 0. The van der Waals surface area contributed by atoms with Gasteiger partial charge in [-0.1, -0.05) is 103 Å². The van der Waals surface area contributed by atoms with Crippen LogP contribution in [0.2, 0.25) is 0 Å². The number of nitrogens with zero attached hydrogens (tertiary/aromatic N) is 2. The van der Waals surface area contributed by atoms with Gasteiger partial charge in [0.25, 0.3) is 0 Å². The molecule has 0 aliphatic heterocycles. The maximum absolute atomic E-state index is 4.89. The van der Waals surface area contributed by atoms with Crippen molar-refractivity contribution in [3.05, 3.63) is 134 Å². The van der Waals surface area contributed by atoms with Crippen LogP contribution in [0.1, 0.15) is 0 Å². The van der Waals surface area contributed by atoms with Crippen molar-refractivity contribution in [3.63, 3.8) is 0 Å². The highest BCUT2D eigenvalue weighted by Crippen LogP contribution is 2.42. The van der Waals surface area contributed by atoms with Crippen LogP contribution >= 0.6 is 0 Å². The van der Waals surface area contributed by atoms with Gasteiger partial charge in [-0.2, -0.15) is 0 Å². The lowest BCUT2D eigenvalue weighted by Crippen LogP contribution is -1.91. The molecule has 8 aromatic rings. The van der Waals surface area contributed by atoms with Gasteiger partial charge in [0.05, 0.1) is 11.0 Å². The van der Waals surface area contributed by atoms with E-state index in [1.165, 1.54) is 49.0 Å². The second-order valence-corrected chi connectivity index (χ2v) is 9.84. The lowest BCUT2D eigenvalue weighted by molar-refractivity contribution is 1.37. The van der Waals surface area contributed by atoms with Gasteiger partial charge in [-0.25, -0.2) is 0 Å². The minimum Gasteiger partial charge on any atom is -0.254 e. The minimum absolute atomic E-state index is 0.940. The molecule has 0 unspecified atom stereocenters. The topological polar surface area (TPSA) is 25.8 Å². The van der Waals surface area contributed by atoms with E-state index in [4.69, 9.17) is 4.98 Å². The molecule has 0 spiro atoms. The highest BCUT2D eigenvalue weighted by atomic mass is 14.7. The molecule has 0 saturated carbocycles. The molecule has 6 aromatic carbocycles. The van der Waals surface area contributed by atoms with E-state index < -0.39 is 0 Å². The number of rotatable bonds is 2. The van der Waals surface area contributed by atoms with Gasteiger partial charge >= 0.3 is 0 Å². The standard InChI is InChI=1S/C36H22N2/c1-3-11-29-24(8-1)20-25-9-2-4-12-30(25)34(29)33-18-17-28(31-13-5-6-14-32(31)33)27-21-26-16-15-23-10-7-19-37-35(23)36(26)38-22-27/h1-22H. The van der Waals surface area contributed by atoms with E-state index in [2.05, 4.69) is 120 Å². The lowest BCUT2D eigenvalue weighted by atomic mass is 9.87. The lowest BCUT2D eigenvalue weighted by Gasteiger charge is -2.16. The Kier molecular flexibility index (Phi) is 4.55. The number of hydrogen-bond donors (Lipinski definition) is 0. The Bertz CT molecular complexity index is 2140. The number of hydrogen-bond acceptors (Lipinski definition) is 2. The molecule has 2 nitrogen and oxygen atoms in total. The Labute approximate surface area is 219 Å². The van der Waals surface area contributed by atoms with Crippen molar-refractivity contribution in [1.82, 2.24) is 9.97 Å². The largest absolute Gasteiger partial charge is 0.254 e. The molecule has 0 radical (unpaired) electrons.